The van der Waals surface area contributed by atoms with Gasteiger partial charge in [0.1, 0.15) is 0 Å². The molecule has 0 aromatic carbocycles. The highest BCUT2D eigenvalue weighted by atomic mass is 16.5. The van der Waals surface area contributed by atoms with Crippen LogP contribution in [-0.4, -0.2) is 79.1 Å². The maximum absolute atomic E-state index is 12.5. The van der Waals surface area contributed by atoms with E-state index >= 15 is 0 Å². The molecule has 2 aliphatic rings. The second kappa shape index (κ2) is 10.5. The van der Waals surface area contributed by atoms with Crippen LogP contribution in [0.2, 0.25) is 0 Å². The van der Waals surface area contributed by atoms with E-state index in [2.05, 4.69) is 15.2 Å². The second-order valence-electron chi connectivity index (χ2n) is 7.77. The van der Waals surface area contributed by atoms with Crippen LogP contribution in [-0.2, 0) is 20.7 Å². The molecular weight excluding hydrogens is 356 g/mol. The molecule has 2 saturated heterocycles. The number of pyridine rings is 1. The minimum Gasteiger partial charge on any atom is -0.383 e. The fourth-order valence-electron chi connectivity index (χ4n) is 4.24. The summed E-state index contributed by atoms with van der Waals surface area (Å²) in [6, 6.07) is 4.29. The van der Waals surface area contributed by atoms with Crippen molar-refractivity contribution in [2.45, 2.75) is 38.1 Å². The number of hydrogen-bond donors (Lipinski definition) is 1. The predicted molar refractivity (Wildman–Crippen MR) is 107 cm³/mol. The van der Waals surface area contributed by atoms with E-state index in [0.717, 1.165) is 57.4 Å². The van der Waals surface area contributed by atoms with Gasteiger partial charge in [-0.3, -0.25) is 19.5 Å². The normalized spacial score (nSPS) is 21.5. The first kappa shape index (κ1) is 20.7. The number of hydrogen-bond acceptors (Lipinski definition) is 5. The van der Waals surface area contributed by atoms with Crippen molar-refractivity contribution in [1.29, 1.82) is 0 Å². The van der Waals surface area contributed by atoms with E-state index < -0.39 is 0 Å². The predicted octanol–water partition coefficient (Wildman–Crippen LogP) is 1.09. The van der Waals surface area contributed by atoms with Gasteiger partial charge in [-0.1, -0.05) is 6.07 Å². The van der Waals surface area contributed by atoms with Gasteiger partial charge in [-0.25, -0.2) is 0 Å². The Morgan fingerprint density at radius 3 is 2.79 bits per heavy atom. The van der Waals surface area contributed by atoms with Crippen LogP contribution in [0, 0.1) is 5.92 Å². The molecule has 0 bridgehead atoms. The van der Waals surface area contributed by atoms with Crippen molar-refractivity contribution in [2.75, 3.05) is 46.4 Å². The SMILES string of the molecule is COCCNC(=O)[C@@H]1CCCN(C2CCN(C(=O)Cc3cccnc3)CC2)C1. The number of piperidine rings is 2. The van der Waals surface area contributed by atoms with Crippen molar-refractivity contribution >= 4 is 11.8 Å². The van der Waals surface area contributed by atoms with Crippen molar-refractivity contribution in [2.24, 2.45) is 5.92 Å². The van der Waals surface area contributed by atoms with E-state index in [1.54, 1.807) is 19.5 Å². The largest absolute Gasteiger partial charge is 0.383 e. The third-order valence-corrected chi connectivity index (χ3v) is 5.84. The summed E-state index contributed by atoms with van der Waals surface area (Å²) < 4.78 is 5.00. The highest BCUT2D eigenvalue weighted by Gasteiger charge is 2.32. The van der Waals surface area contributed by atoms with E-state index in [4.69, 9.17) is 4.74 Å². The summed E-state index contributed by atoms with van der Waals surface area (Å²) >= 11 is 0. The van der Waals surface area contributed by atoms with Crippen LogP contribution >= 0.6 is 0 Å². The summed E-state index contributed by atoms with van der Waals surface area (Å²) in [6.07, 6.45) is 7.89. The van der Waals surface area contributed by atoms with Gasteiger partial charge >= 0.3 is 0 Å². The summed E-state index contributed by atoms with van der Waals surface area (Å²) in [6.45, 7) is 4.59. The summed E-state index contributed by atoms with van der Waals surface area (Å²) in [4.78, 5) is 33.4. The molecule has 1 aromatic heterocycles. The molecule has 2 amide bonds. The Labute approximate surface area is 167 Å². The Balaban J connectivity index is 1.43. The minimum absolute atomic E-state index is 0.0656. The quantitative estimate of drug-likeness (QED) is 0.708. The lowest BCUT2D eigenvalue weighted by Gasteiger charge is -2.42. The Kier molecular flexibility index (Phi) is 7.80. The van der Waals surface area contributed by atoms with Crippen LogP contribution in [0.1, 0.15) is 31.2 Å². The first-order chi connectivity index (χ1) is 13.7. The van der Waals surface area contributed by atoms with Crippen molar-refractivity contribution in [3.8, 4) is 0 Å². The van der Waals surface area contributed by atoms with Gasteiger partial charge in [0.25, 0.3) is 0 Å². The van der Waals surface area contributed by atoms with E-state index in [9.17, 15) is 9.59 Å². The Bertz CT molecular complexity index is 632. The molecule has 0 radical (unpaired) electrons. The molecule has 1 atom stereocenters. The van der Waals surface area contributed by atoms with E-state index in [1.807, 2.05) is 17.0 Å². The van der Waals surface area contributed by atoms with Crippen LogP contribution in [0.3, 0.4) is 0 Å². The molecule has 1 aromatic rings. The van der Waals surface area contributed by atoms with E-state index in [-0.39, 0.29) is 17.7 Å². The zero-order chi connectivity index (χ0) is 19.8. The van der Waals surface area contributed by atoms with Gasteiger partial charge in [-0.2, -0.15) is 0 Å². The summed E-state index contributed by atoms with van der Waals surface area (Å²) in [5.41, 5.74) is 0.966. The highest BCUT2D eigenvalue weighted by Crippen LogP contribution is 2.24. The van der Waals surface area contributed by atoms with Gasteiger partial charge in [-0.15, -0.1) is 0 Å². The molecule has 7 heteroatoms. The average Bonchev–Trinajstić information content (AvgIpc) is 2.75. The van der Waals surface area contributed by atoms with E-state index in [0.29, 0.717) is 25.6 Å². The number of likely N-dealkylation sites (tertiary alicyclic amines) is 2. The number of nitrogens with one attached hydrogen (secondary N) is 1. The van der Waals surface area contributed by atoms with E-state index in [1.165, 1.54) is 0 Å². The molecule has 7 nitrogen and oxygen atoms in total. The number of carbonyl (C=O) groups is 2. The van der Waals surface area contributed by atoms with Crippen molar-refractivity contribution in [3.63, 3.8) is 0 Å². The lowest BCUT2D eigenvalue weighted by molar-refractivity contribution is -0.132. The molecule has 0 unspecified atom stereocenters. The lowest BCUT2D eigenvalue weighted by atomic mass is 9.93. The first-order valence-electron chi connectivity index (χ1n) is 10.3. The summed E-state index contributed by atoms with van der Waals surface area (Å²) in [5.74, 6) is 0.391. The number of ether oxygens (including phenoxy) is 1. The molecule has 154 valence electrons. The number of amides is 2. The van der Waals surface area contributed by atoms with Gasteiger partial charge in [0.2, 0.25) is 11.8 Å². The molecule has 0 spiro atoms. The fourth-order valence-corrected chi connectivity index (χ4v) is 4.24. The van der Waals surface area contributed by atoms with Crippen LogP contribution in [0.25, 0.3) is 0 Å². The molecule has 0 aliphatic carbocycles. The second-order valence-corrected chi connectivity index (χ2v) is 7.77. The van der Waals surface area contributed by atoms with Gasteiger partial charge in [0.15, 0.2) is 0 Å². The molecule has 3 heterocycles. The molecule has 1 N–H and O–H groups in total. The minimum atomic E-state index is 0.0656. The standard InChI is InChI=1S/C21H32N4O3/c1-28-13-9-23-21(27)18-5-3-10-25(16-18)19-6-11-24(12-7-19)20(26)14-17-4-2-8-22-15-17/h2,4,8,15,18-19H,3,5-7,9-14,16H2,1H3,(H,23,27)/t18-/m1/s1. The topological polar surface area (TPSA) is 74.8 Å². The summed E-state index contributed by atoms with van der Waals surface area (Å²) in [5, 5.41) is 2.97. The van der Waals surface area contributed by atoms with Crippen molar-refractivity contribution in [3.05, 3.63) is 30.1 Å². The van der Waals surface area contributed by atoms with Gasteiger partial charge < -0.3 is 15.0 Å². The monoisotopic (exact) mass is 388 g/mol. The van der Waals surface area contributed by atoms with Crippen LogP contribution in [0.5, 0.6) is 0 Å². The maximum Gasteiger partial charge on any atom is 0.227 e. The van der Waals surface area contributed by atoms with Crippen LogP contribution < -0.4 is 5.32 Å². The zero-order valence-electron chi connectivity index (χ0n) is 16.8. The maximum atomic E-state index is 12.5. The average molecular weight is 389 g/mol. The van der Waals surface area contributed by atoms with Crippen LogP contribution in [0.4, 0.5) is 0 Å². The molecule has 0 saturated carbocycles. The van der Waals surface area contributed by atoms with Crippen molar-refractivity contribution < 1.29 is 14.3 Å². The molecule has 28 heavy (non-hydrogen) atoms. The number of methoxy groups -OCH3 is 1. The molecule has 2 fully saturated rings. The Morgan fingerprint density at radius 2 is 2.07 bits per heavy atom. The van der Waals surface area contributed by atoms with Gasteiger partial charge in [0, 0.05) is 51.7 Å². The molecule has 3 rings (SSSR count). The van der Waals surface area contributed by atoms with Gasteiger partial charge in [0.05, 0.1) is 18.9 Å². The molecule has 2 aliphatic heterocycles. The number of nitrogens with zero attached hydrogens (tertiary/aromatic N) is 3. The van der Waals surface area contributed by atoms with Crippen LogP contribution in [0.15, 0.2) is 24.5 Å². The third-order valence-electron chi connectivity index (χ3n) is 5.84. The Hall–Kier alpha value is -1.99. The van der Waals surface area contributed by atoms with Crippen molar-refractivity contribution in [1.82, 2.24) is 20.1 Å². The first-order valence-corrected chi connectivity index (χ1v) is 10.3. The highest BCUT2D eigenvalue weighted by molar-refractivity contribution is 5.79. The Morgan fingerprint density at radius 1 is 1.25 bits per heavy atom. The number of carbonyl (C=O) groups excluding carboxylic acids is 2. The number of aromatic nitrogens is 1. The third kappa shape index (κ3) is 5.75. The van der Waals surface area contributed by atoms with Gasteiger partial charge in [-0.05, 0) is 43.9 Å². The fraction of sp³-hybridized carbons (Fsp3) is 0.667. The zero-order valence-corrected chi connectivity index (χ0v) is 16.8. The smallest absolute Gasteiger partial charge is 0.227 e. The lowest BCUT2D eigenvalue weighted by Crippen LogP contribution is -2.51. The summed E-state index contributed by atoms with van der Waals surface area (Å²) in [7, 11) is 1.64. The number of rotatable bonds is 7. The molecular formula is C21H32N4O3.